The molecular weight excluding hydrogens is 226 g/mol. The number of benzene rings is 1. The second-order valence-corrected chi connectivity index (χ2v) is 3.55. The Morgan fingerprint density at radius 2 is 2.12 bits per heavy atom. The number of rotatable bonds is 2. The maximum atomic E-state index is 10.8. The first-order valence-electron chi connectivity index (χ1n) is 4.59. The predicted octanol–water partition coefficient (Wildman–Crippen LogP) is 2.36. The van der Waals surface area contributed by atoms with Crippen LogP contribution in [0.3, 0.4) is 0 Å². The average molecular weight is 235 g/mol. The molecule has 2 rings (SSSR count). The van der Waals surface area contributed by atoms with Crippen molar-refractivity contribution in [3.05, 3.63) is 29.1 Å². The van der Waals surface area contributed by atoms with Crippen LogP contribution >= 0.6 is 12.2 Å². The summed E-state index contributed by atoms with van der Waals surface area (Å²) in [7, 11) is 0. The zero-order valence-corrected chi connectivity index (χ0v) is 9.30. The van der Waals surface area contributed by atoms with E-state index in [2.05, 4.69) is 15.5 Å². The Kier molecular flexibility index (Phi) is 2.82. The van der Waals surface area contributed by atoms with Gasteiger partial charge >= 0.3 is 0 Å². The molecule has 0 atom stereocenters. The molecular formula is C10H9N3O2S. The number of nitrogens with zero attached hydrogens (tertiary/aromatic N) is 1. The number of aromatic nitrogens is 2. The zero-order valence-electron chi connectivity index (χ0n) is 8.48. The monoisotopic (exact) mass is 235 g/mol. The first-order chi connectivity index (χ1) is 7.65. The Labute approximate surface area is 96.5 Å². The molecule has 0 radical (unpaired) electrons. The highest BCUT2D eigenvalue weighted by molar-refractivity contribution is 7.71. The third kappa shape index (κ3) is 2.34. The largest absolute Gasteiger partial charge is 0.409 e. The van der Waals surface area contributed by atoms with Gasteiger partial charge in [-0.25, -0.2) is 5.10 Å². The molecule has 0 aliphatic carbocycles. The van der Waals surface area contributed by atoms with Crippen LogP contribution < -0.4 is 5.32 Å². The Bertz CT molecular complexity index is 556. The van der Waals surface area contributed by atoms with Crippen LogP contribution in [0.1, 0.15) is 6.92 Å². The zero-order chi connectivity index (χ0) is 11.5. The second kappa shape index (κ2) is 4.28. The number of carbonyl (C=O) groups excluding carboxylic acids is 1. The van der Waals surface area contributed by atoms with E-state index in [1.807, 2.05) is 0 Å². The van der Waals surface area contributed by atoms with E-state index in [4.69, 9.17) is 16.6 Å². The van der Waals surface area contributed by atoms with Gasteiger partial charge in [-0.1, -0.05) is 0 Å². The first-order valence-corrected chi connectivity index (χ1v) is 4.99. The fraction of sp³-hybridized carbons (Fsp3) is 0.100. The third-order valence-electron chi connectivity index (χ3n) is 1.89. The number of H-pyrrole nitrogens is 1. The number of nitrogens with one attached hydrogen (secondary N) is 2. The van der Waals surface area contributed by atoms with Gasteiger partial charge in [0.05, 0.1) is 0 Å². The number of hydrogen-bond donors (Lipinski definition) is 2. The first kappa shape index (κ1) is 10.6. The standard InChI is InChI=1S/C10H9N3O2S/c1-6(14)11-8-4-2-7(3-5-8)9-12-13-10(16)15-9/h2-5H,1H3,(H,11,14)(H,13,16). The summed E-state index contributed by atoms with van der Waals surface area (Å²) in [6.07, 6.45) is 0. The molecule has 6 heteroatoms. The lowest BCUT2D eigenvalue weighted by molar-refractivity contribution is -0.114. The fourth-order valence-electron chi connectivity index (χ4n) is 1.25. The highest BCUT2D eigenvalue weighted by Gasteiger charge is 2.03. The summed E-state index contributed by atoms with van der Waals surface area (Å²) < 4.78 is 5.15. The van der Waals surface area contributed by atoms with Crippen molar-refractivity contribution in [2.24, 2.45) is 0 Å². The molecule has 2 aromatic rings. The summed E-state index contributed by atoms with van der Waals surface area (Å²) in [6.45, 7) is 1.46. The van der Waals surface area contributed by atoms with E-state index in [0.717, 1.165) is 11.3 Å². The quantitative estimate of drug-likeness (QED) is 0.784. The highest BCUT2D eigenvalue weighted by atomic mass is 32.1. The maximum Gasteiger partial charge on any atom is 0.284 e. The van der Waals surface area contributed by atoms with Crippen LogP contribution in [0.25, 0.3) is 11.5 Å². The van der Waals surface area contributed by atoms with Crippen LogP contribution in [0.15, 0.2) is 28.7 Å². The van der Waals surface area contributed by atoms with Crippen molar-refractivity contribution >= 4 is 23.8 Å². The van der Waals surface area contributed by atoms with Crippen molar-refractivity contribution in [1.29, 1.82) is 0 Å². The third-order valence-corrected chi connectivity index (χ3v) is 2.06. The molecule has 1 aromatic carbocycles. The minimum Gasteiger partial charge on any atom is -0.409 e. The molecule has 1 amide bonds. The number of aromatic amines is 1. The minimum atomic E-state index is -0.106. The Morgan fingerprint density at radius 3 is 2.62 bits per heavy atom. The fourth-order valence-corrected chi connectivity index (χ4v) is 1.38. The van der Waals surface area contributed by atoms with E-state index in [9.17, 15) is 4.79 Å². The summed E-state index contributed by atoms with van der Waals surface area (Å²) in [4.78, 5) is 11.0. The van der Waals surface area contributed by atoms with Crippen LogP contribution in [-0.2, 0) is 4.79 Å². The minimum absolute atomic E-state index is 0.106. The number of hydrogen-bond acceptors (Lipinski definition) is 4. The van der Waals surface area contributed by atoms with Gasteiger partial charge in [0.1, 0.15) is 0 Å². The van der Waals surface area contributed by atoms with Gasteiger partial charge in [0, 0.05) is 18.2 Å². The molecule has 1 heterocycles. The van der Waals surface area contributed by atoms with E-state index in [0.29, 0.717) is 5.89 Å². The topological polar surface area (TPSA) is 70.9 Å². The van der Waals surface area contributed by atoms with E-state index in [1.165, 1.54) is 6.92 Å². The molecule has 0 fully saturated rings. The molecule has 0 aliphatic heterocycles. The van der Waals surface area contributed by atoms with Crippen LogP contribution in [0.5, 0.6) is 0 Å². The van der Waals surface area contributed by atoms with E-state index in [1.54, 1.807) is 24.3 Å². The lowest BCUT2D eigenvalue weighted by Gasteiger charge is -2.01. The molecule has 0 spiro atoms. The molecule has 0 aliphatic rings. The molecule has 82 valence electrons. The number of carbonyl (C=O) groups is 1. The van der Waals surface area contributed by atoms with Crippen LogP contribution in [0, 0.1) is 4.84 Å². The van der Waals surface area contributed by atoms with Crippen LogP contribution in [0.4, 0.5) is 5.69 Å². The number of amides is 1. The number of anilines is 1. The van der Waals surface area contributed by atoms with Crippen molar-refractivity contribution in [1.82, 2.24) is 10.2 Å². The summed E-state index contributed by atoms with van der Waals surface area (Å²) in [5.74, 6) is 0.324. The van der Waals surface area contributed by atoms with Gasteiger partial charge in [-0.15, -0.1) is 5.10 Å². The highest BCUT2D eigenvalue weighted by Crippen LogP contribution is 2.19. The van der Waals surface area contributed by atoms with Crippen molar-refractivity contribution in [3.63, 3.8) is 0 Å². The van der Waals surface area contributed by atoms with Gasteiger partial charge in [0.2, 0.25) is 11.8 Å². The molecule has 0 unspecified atom stereocenters. The second-order valence-electron chi connectivity index (χ2n) is 3.18. The van der Waals surface area contributed by atoms with Gasteiger partial charge in [0.15, 0.2) is 0 Å². The average Bonchev–Trinajstić information content (AvgIpc) is 2.65. The van der Waals surface area contributed by atoms with Gasteiger partial charge in [-0.05, 0) is 36.5 Å². The van der Waals surface area contributed by atoms with Crippen molar-refractivity contribution in [2.75, 3.05) is 5.32 Å². The summed E-state index contributed by atoms with van der Waals surface area (Å²) >= 11 is 4.77. The maximum absolute atomic E-state index is 10.8. The van der Waals surface area contributed by atoms with Gasteiger partial charge in [-0.3, -0.25) is 4.79 Å². The van der Waals surface area contributed by atoms with Crippen molar-refractivity contribution < 1.29 is 9.21 Å². The Morgan fingerprint density at radius 1 is 1.44 bits per heavy atom. The van der Waals surface area contributed by atoms with E-state index < -0.39 is 0 Å². The summed E-state index contributed by atoms with van der Waals surface area (Å²) in [6, 6.07) is 7.12. The lowest BCUT2D eigenvalue weighted by Crippen LogP contribution is -2.05. The van der Waals surface area contributed by atoms with Gasteiger partial charge in [0.25, 0.3) is 4.84 Å². The molecule has 16 heavy (non-hydrogen) atoms. The molecule has 0 saturated heterocycles. The molecule has 0 bridgehead atoms. The normalized spacial score (nSPS) is 10.1. The van der Waals surface area contributed by atoms with Crippen molar-refractivity contribution in [3.8, 4) is 11.5 Å². The summed E-state index contributed by atoms with van der Waals surface area (Å²) in [5.41, 5.74) is 1.52. The SMILES string of the molecule is CC(=O)Nc1ccc(-c2n[nH]c(=S)o2)cc1. The van der Waals surface area contributed by atoms with Crippen LogP contribution in [0.2, 0.25) is 0 Å². The van der Waals surface area contributed by atoms with Crippen LogP contribution in [-0.4, -0.2) is 16.1 Å². The van der Waals surface area contributed by atoms with E-state index in [-0.39, 0.29) is 10.7 Å². The van der Waals surface area contributed by atoms with Gasteiger partial charge in [-0.2, -0.15) is 0 Å². The van der Waals surface area contributed by atoms with Gasteiger partial charge < -0.3 is 9.73 Å². The van der Waals surface area contributed by atoms with E-state index >= 15 is 0 Å². The molecule has 1 aromatic heterocycles. The smallest absolute Gasteiger partial charge is 0.284 e. The molecule has 5 nitrogen and oxygen atoms in total. The molecule has 0 saturated carbocycles. The molecule has 2 N–H and O–H groups in total. The predicted molar refractivity (Wildman–Crippen MR) is 61.4 cm³/mol. The van der Waals surface area contributed by atoms with Crippen molar-refractivity contribution in [2.45, 2.75) is 6.92 Å². The Balaban J connectivity index is 2.25. The lowest BCUT2D eigenvalue weighted by atomic mass is 10.2. The Hall–Kier alpha value is -1.95. The summed E-state index contributed by atoms with van der Waals surface area (Å²) in [5, 5.41) is 9.11.